The highest BCUT2D eigenvalue weighted by atomic mass is 16.1. The van der Waals surface area contributed by atoms with Gasteiger partial charge in [0.05, 0.1) is 17.0 Å². The van der Waals surface area contributed by atoms with Crippen molar-refractivity contribution >= 4 is 5.91 Å². The average molecular weight is 234 g/mol. The largest absolute Gasteiger partial charge is 0.350 e. The van der Waals surface area contributed by atoms with Gasteiger partial charge in [0, 0.05) is 12.6 Å². The molecule has 1 heterocycles. The van der Waals surface area contributed by atoms with Crippen molar-refractivity contribution in [2.45, 2.75) is 32.7 Å². The van der Waals surface area contributed by atoms with Crippen molar-refractivity contribution < 1.29 is 4.79 Å². The fourth-order valence-corrected chi connectivity index (χ4v) is 1.78. The summed E-state index contributed by atoms with van der Waals surface area (Å²) in [5.74, 6) is 0.477. The first-order valence-corrected chi connectivity index (χ1v) is 5.92. The molecule has 1 unspecified atom stereocenters. The Labute approximate surface area is 101 Å². The Hall–Kier alpha value is -1.49. The molecular formula is C12H18N4O. The summed E-state index contributed by atoms with van der Waals surface area (Å²) in [6, 6.07) is 1.83. The Balaban J connectivity index is 1.96. The van der Waals surface area contributed by atoms with Crippen molar-refractivity contribution in [3.8, 4) is 0 Å². The summed E-state index contributed by atoms with van der Waals surface area (Å²) < 4.78 is 0. The van der Waals surface area contributed by atoms with Gasteiger partial charge < -0.3 is 11.1 Å². The van der Waals surface area contributed by atoms with E-state index in [9.17, 15) is 4.79 Å². The molecule has 0 bridgehead atoms. The first-order chi connectivity index (χ1) is 8.08. The predicted molar refractivity (Wildman–Crippen MR) is 64.5 cm³/mol. The van der Waals surface area contributed by atoms with Gasteiger partial charge in [0.25, 0.3) is 5.91 Å². The molecule has 2 rings (SSSR count). The van der Waals surface area contributed by atoms with Crippen molar-refractivity contribution in [3.63, 3.8) is 0 Å². The van der Waals surface area contributed by atoms with Gasteiger partial charge in [-0.2, -0.15) is 10.2 Å². The lowest BCUT2D eigenvalue weighted by Crippen LogP contribution is -2.38. The van der Waals surface area contributed by atoms with Gasteiger partial charge in [-0.05, 0) is 38.7 Å². The molecule has 1 saturated carbocycles. The number of hydrogen-bond donors (Lipinski definition) is 2. The SMILES string of the molecule is Cc1cc(C(=O)NCC(N)C2CC2)c(C)nn1. The lowest BCUT2D eigenvalue weighted by molar-refractivity contribution is 0.0949. The smallest absolute Gasteiger partial charge is 0.253 e. The standard InChI is InChI=1S/C12H18N4O/c1-7-5-10(8(2)16-15-7)12(17)14-6-11(13)9-3-4-9/h5,9,11H,3-4,6,13H2,1-2H3,(H,14,17). The summed E-state index contributed by atoms with van der Waals surface area (Å²) in [6.45, 7) is 4.13. The van der Waals surface area contributed by atoms with E-state index >= 15 is 0 Å². The van der Waals surface area contributed by atoms with Crippen LogP contribution in [0.15, 0.2) is 6.07 Å². The molecule has 0 radical (unpaired) electrons. The highest BCUT2D eigenvalue weighted by molar-refractivity contribution is 5.95. The Morgan fingerprint density at radius 1 is 1.53 bits per heavy atom. The van der Waals surface area contributed by atoms with E-state index in [0.717, 1.165) is 5.69 Å². The second-order valence-electron chi connectivity index (χ2n) is 4.70. The van der Waals surface area contributed by atoms with Crippen LogP contribution in [0, 0.1) is 19.8 Å². The number of amides is 1. The Morgan fingerprint density at radius 2 is 2.24 bits per heavy atom. The third-order valence-corrected chi connectivity index (χ3v) is 3.07. The van der Waals surface area contributed by atoms with Crippen LogP contribution in [-0.2, 0) is 0 Å². The van der Waals surface area contributed by atoms with E-state index < -0.39 is 0 Å². The number of aromatic nitrogens is 2. The average Bonchev–Trinajstić information content (AvgIpc) is 3.12. The van der Waals surface area contributed by atoms with Crippen LogP contribution in [0.3, 0.4) is 0 Å². The number of aryl methyl sites for hydroxylation is 2. The lowest BCUT2D eigenvalue weighted by Gasteiger charge is -2.12. The van der Waals surface area contributed by atoms with Gasteiger partial charge in [0.2, 0.25) is 0 Å². The second kappa shape index (κ2) is 4.79. The fraction of sp³-hybridized carbons (Fsp3) is 0.583. The van der Waals surface area contributed by atoms with E-state index in [1.807, 2.05) is 6.92 Å². The van der Waals surface area contributed by atoms with Crippen LogP contribution in [0.4, 0.5) is 0 Å². The summed E-state index contributed by atoms with van der Waals surface area (Å²) in [5.41, 5.74) is 7.90. The third-order valence-electron chi connectivity index (χ3n) is 3.07. The van der Waals surface area contributed by atoms with Crippen LogP contribution < -0.4 is 11.1 Å². The second-order valence-corrected chi connectivity index (χ2v) is 4.70. The van der Waals surface area contributed by atoms with Gasteiger partial charge in [-0.1, -0.05) is 0 Å². The zero-order chi connectivity index (χ0) is 12.4. The molecular weight excluding hydrogens is 216 g/mol. The van der Waals surface area contributed by atoms with Gasteiger partial charge in [-0.3, -0.25) is 4.79 Å². The summed E-state index contributed by atoms with van der Waals surface area (Å²) >= 11 is 0. The monoisotopic (exact) mass is 234 g/mol. The Bertz CT molecular complexity index is 429. The zero-order valence-corrected chi connectivity index (χ0v) is 10.2. The van der Waals surface area contributed by atoms with E-state index in [0.29, 0.717) is 23.7 Å². The fourth-order valence-electron chi connectivity index (χ4n) is 1.78. The number of nitrogens with two attached hydrogens (primary N) is 1. The number of hydrogen-bond acceptors (Lipinski definition) is 4. The molecule has 1 aliphatic rings. The summed E-state index contributed by atoms with van der Waals surface area (Å²) in [5, 5.41) is 10.7. The van der Waals surface area contributed by atoms with Crippen LogP contribution in [-0.4, -0.2) is 28.7 Å². The van der Waals surface area contributed by atoms with Crippen molar-refractivity contribution in [1.29, 1.82) is 0 Å². The maximum Gasteiger partial charge on any atom is 0.253 e. The normalized spacial score (nSPS) is 16.6. The van der Waals surface area contributed by atoms with Crippen molar-refractivity contribution in [1.82, 2.24) is 15.5 Å². The van der Waals surface area contributed by atoms with E-state index in [4.69, 9.17) is 5.73 Å². The van der Waals surface area contributed by atoms with Gasteiger partial charge in [0.1, 0.15) is 0 Å². The van der Waals surface area contributed by atoms with E-state index in [2.05, 4.69) is 15.5 Å². The van der Waals surface area contributed by atoms with Crippen molar-refractivity contribution in [2.24, 2.45) is 11.7 Å². The third kappa shape index (κ3) is 3.00. The number of rotatable bonds is 4. The predicted octanol–water partition coefficient (Wildman–Crippen LogP) is 0.561. The Kier molecular flexibility index (Phi) is 3.38. The highest BCUT2D eigenvalue weighted by Gasteiger charge is 2.28. The number of carbonyl (C=O) groups is 1. The first-order valence-electron chi connectivity index (χ1n) is 5.92. The quantitative estimate of drug-likeness (QED) is 0.797. The number of nitrogens with one attached hydrogen (secondary N) is 1. The molecule has 92 valence electrons. The maximum atomic E-state index is 11.9. The first kappa shape index (κ1) is 12.0. The molecule has 0 spiro atoms. The molecule has 1 atom stereocenters. The minimum Gasteiger partial charge on any atom is -0.350 e. The summed E-state index contributed by atoms with van der Waals surface area (Å²) in [6.07, 6.45) is 2.37. The summed E-state index contributed by atoms with van der Waals surface area (Å²) in [7, 11) is 0. The van der Waals surface area contributed by atoms with E-state index in [1.165, 1.54) is 12.8 Å². The molecule has 0 saturated heterocycles. The van der Waals surface area contributed by atoms with E-state index in [1.54, 1.807) is 13.0 Å². The minimum atomic E-state index is -0.114. The van der Waals surface area contributed by atoms with Crippen LogP contribution in [0.25, 0.3) is 0 Å². The van der Waals surface area contributed by atoms with Crippen molar-refractivity contribution in [2.75, 3.05) is 6.54 Å². The molecule has 0 aromatic carbocycles. The van der Waals surface area contributed by atoms with Gasteiger partial charge in [0.15, 0.2) is 0 Å². The zero-order valence-electron chi connectivity index (χ0n) is 10.2. The minimum absolute atomic E-state index is 0.0788. The van der Waals surface area contributed by atoms with Crippen LogP contribution in [0.2, 0.25) is 0 Å². The van der Waals surface area contributed by atoms with Crippen LogP contribution >= 0.6 is 0 Å². The van der Waals surface area contributed by atoms with Gasteiger partial charge in [-0.15, -0.1) is 0 Å². The summed E-state index contributed by atoms with van der Waals surface area (Å²) in [4.78, 5) is 11.9. The molecule has 5 nitrogen and oxygen atoms in total. The molecule has 17 heavy (non-hydrogen) atoms. The molecule has 0 aliphatic heterocycles. The molecule has 1 fully saturated rings. The number of nitrogens with zero attached hydrogens (tertiary/aromatic N) is 2. The van der Waals surface area contributed by atoms with Crippen molar-refractivity contribution in [3.05, 3.63) is 23.0 Å². The maximum absolute atomic E-state index is 11.9. The van der Waals surface area contributed by atoms with Crippen LogP contribution in [0.1, 0.15) is 34.6 Å². The molecule has 1 aromatic rings. The Morgan fingerprint density at radius 3 is 2.88 bits per heavy atom. The van der Waals surface area contributed by atoms with Crippen LogP contribution in [0.5, 0.6) is 0 Å². The molecule has 3 N–H and O–H groups in total. The highest BCUT2D eigenvalue weighted by Crippen LogP contribution is 2.31. The number of carbonyl (C=O) groups excluding carboxylic acids is 1. The molecule has 1 aromatic heterocycles. The molecule has 5 heteroatoms. The molecule has 1 aliphatic carbocycles. The van der Waals surface area contributed by atoms with Gasteiger partial charge >= 0.3 is 0 Å². The lowest BCUT2D eigenvalue weighted by atomic mass is 10.1. The topological polar surface area (TPSA) is 80.9 Å². The molecule has 1 amide bonds. The van der Waals surface area contributed by atoms with E-state index in [-0.39, 0.29) is 11.9 Å². The van der Waals surface area contributed by atoms with Gasteiger partial charge in [-0.25, -0.2) is 0 Å².